The second kappa shape index (κ2) is 7.12. The zero-order valence-corrected chi connectivity index (χ0v) is 15.2. The SMILES string of the molecule is O=c1c2nnn(Cc3ccccc3)c2ncn1Cc1nc(-c2ccccc2)no1. The molecule has 0 amide bonds. The van der Waals surface area contributed by atoms with Gasteiger partial charge in [-0.2, -0.15) is 4.98 Å². The highest BCUT2D eigenvalue weighted by Gasteiger charge is 2.15. The van der Waals surface area contributed by atoms with E-state index in [0.29, 0.717) is 23.9 Å². The molecular formula is C20H15N7O2. The Bertz CT molecular complexity index is 1320. The van der Waals surface area contributed by atoms with E-state index < -0.39 is 0 Å². The summed E-state index contributed by atoms with van der Waals surface area (Å²) in [5.74, 6) is 0.778. The van der Waals surface area contributed by atoms with Crippen LogP contribution in [0.1, 0.15) is 11.5 Å². The van der Waals surface area contributed by atoms with Crippen molar-refractivity contribution in [2.75, 3.05) is 0 Å². The number of fused-ring (bicyclic) bond motifs is 1. The summed E-state index contributed by atoms with van der Waals surface area (Å²) in [6.45, 7) is 0.588. The average Bonchev–Trinajstić information content (AvgIpc) is 3.39. The molecule has 5 aromatic rings. The lowest BCUT2D eigenvalue weighted by Crippen LogP contribution is -2.21. The van der Waals surface area contributed by atoms with Crippen molar-refractivity contribution in [1.29, 1.82) is 0 Å². The lowest BCUT2D eigenvalue weighted by atomic mass is 10.2. The van der Waals surface area contributed by atoms with Crippen LogP contribution in [-0.2, 0) is 13.1 Å². The van der Waals surface area contributed by atoms with Gasteiger partial charge in [0.15, 0.2) is 11.2 Å². The third-order valence-electron chi connectivity index (χ3n) is 4.47. The van der Waals surface area contributed by atoms with E-state index >= 15 is 0 Å². The minimum absolute atomic E-state index is 0.104. The number of nitrogens with zero attached hydrogens (tertiary/aromatic N) is 7. The first kappa shape index (κ1) is 17.0. The number of aromatic nitrogens is 7. The summed E-state index contributed by atoms with van der Waals surface area (Å²) >= 11 is 0. The summed E-state index contributed by atoms with van der Waals surface area (Å²) in [5.41, 5.74) is 2.21. The third-order valence-corrected chi connectivity index (χ3v) is 4.47. The van der Waals surface area contributed by atoms with E-state index in [1.54, 1.807) is 4.68 Å². The molecule has 0 spiro atoms. The standard InChI is InChI=1S/C20H15N7O2/c28-20-17-19(27(25-23-17)11-14-7-3-1-4-8-14)21-13-26(20)12-16-22-18(24-29-16)15-9-5-2-6-10-15/h1-10,13H,11-12H2. The van der Waals surface area contributed by atoms with Crippen LogP contribution < -0.4 is 5.56 Å². The topological polar surface area (TPSA) is 105 Å². The Balaban J connectivity index is 1.43. The average molecular weight is 385 g/mol. The quantitative estimate of drug-likeness (QED) is 0.456. The molecule has 5 rings (SSSR count). The molecule has 142 valence electrons. The lowest BCUT2D eigenvalue weighted by Gasteiger charge is -2.03. The molecule has 0 fully saturated rings. The van der Waals surface area contributed by atoms with Gasteiger partial charge in [-0.15, -0.1) is 5.10 Å². The van der Waals surface area contributed by atoms with E-state index in [0.717, 1.165) is 11.1 Å². The molecule has 0 saturated carbocycles. The van der Waals surface area contributed by atoms with Crippen molar-refractivity contribution >= 4 is 11.2 Å². The van der Waals surface area contributed by atoms with E-state index in [4.69, 9.17) is 4.52 Å². The van der Waals surface area contributed by atoms with Crippen molar-refractivity contribution in [2.24, 2.45) is 0 Å². The van der Waals surface area contributed by atoms with Gasteiger partial charge in [0.25, 0.3) is 5.56 Å². The van der Waals surface area contributed by atoms with Gasteiger partial charge >= 0.3 is 0 Å². The summed E-state index contributed by atoms with van der Waals surface area (Å²) in [6.07, 6.45) is 1.45. The molecule has 0 aliphatic carbocycles. The first-order valence-corrected chi connectivity index (χ1v) is 8.98. The van der Waals surface area contributed by atoms with E-state index in [9.17, 15) is 4.79 Å². The first-order valence-electron chi connectivity index (χ1n) is 8.98. The summed E-state index contributed by atoms with van der Waals surface area (Å²) < 4.78 is 8.27. The highest BCUT2D eigenvalue weighted by atomic mass is 16.5. The van der Waals surface area contributed by atoms with Gasteiger partial charge in [0.05, 0.1) is 6.54 Å². The summed E-state index contributed by atoms with van der Waals surface area (Å²) in [5, 5.41) is 12.1. The fourth-order valence-electron chi connectivity index (χ4n) is 3.03. The predicted molar refractivity (Wildman–Crippen MR) is 104 cm³/mol. The fourth-order valence-corrected chi connectivity index (χ4v) is 3.03. The third kappa shape index (κ3) is 3.29. The molecule has 2 aromatic carbocycles. The van der Waals surface area contributed by atoms with Gasteiger partial charge in [-0.3, -0.25) is 9.36 Å². The van der Waals surface area contributed by atoms with Crippen molar-refractivity contribution in [2.45, 2.75) is 13.1 Å². The highest BCUT2D eigenvalue weighted by molar-refractivity contribution is 5.67. The predicted octanol–water partition coefficient (Wildman–Crippen LogP) is 2.13. The van der Waals surface area contributed by atoms with Crippen molar-refractivity contribution in [1.82, 2.24) is 34.7 Å². The van der Waals surface area contributed by atoms with Gasteiger partial charge < -0.3 is 4.52 Å². The number of rotatable bonds is 5. The van der Waals surface area contributed by atoms with Gasteiger partial charge in [-0.05, 0) is 5.56 Å². The van der Waals surface area contributed by atoms with Gasteiger partial charge in [0, 0.05) is 5.56 Å². The number of hydrogen-bond donors (Lipinski definition) is 0. The van der Waals surface area contributed by atoms with Crippen LogP contribution in [0.3, 0.4) is 0 Å². The number of hydrogen-bond acceptors (Lipinski definition) is 7. The van der Waals surface area contributed by atoms with Crippen molar-refractivity contribution in [3.63, 3.8) is 0 Å². The molecule has 0 saturated heterocycles. The smallest absolute Gasteiger partial charge is 0.283 e. The van der Waals surface area contributed by atoms with Crippen molar-refractivity contribution < 1.29 is 4.52 Å². The molecule has 3 aromatic heterocycles. The normalized spacial score (nSPS) is 11.2. The molecule has 9 nitrogen and oxygen atoms in total. The Hall–Kier alpha value is -4.14. The van der Waals surface area contributed by atoms with E-state index in [1.807, 2.05) is 60.7 Å². The maximum atomic E-state index is 12.8. The Kier molecular flexibility index (Phi) is 4.17. The molecule has 3 heterocycles. The van der Waals surface area contributed by atoms with Gasteiger partial charge in [0.1, 0.15) is 12.9 Å². The van der Waals surface area contributed by atoms with Crippen LogP contribution in [0.2, 0.25) is 0 Å². The minimum atomic E-state index is -0.311. The molecule has 0 atom stereocenters. The second-order valence-electron chi connectivity index (χ2n) is 6.46. The van der Waals surface area contributed by atoms with Crippen LogP contribution in [0.25, 0.3) is 22.6 Å². The van der Waals surface area contributed by atoms with Crippen LogP contribution >= 0.6 is 0 Å². The van der Waals surface area contributed by atoms with Crippen LogP contribution in [-0.4, -0.2) is 34.7 Å². The molecule has 0 aliphatic rings. The minimum Gasteiger partial charge on any atom is -0.337 e. The van der Waals surface area contributed by atoms with Crippen LogP contribution in [0, 0.1) is 0 Å². The number of benzene rings is 2. The molecule has 9 heteroatoms. The molecule has 0 bridgehead atoms. The molecule has 0 N–H and O–H groups in total. The van der Waals surface area contributed by atoms with Gasteiger partial charge in [0.2, 0.25) is 11.7 Å². The zero-order chi connectivity index (χ0) is 19.6. The van der Waals surface area contributed by atoms with Crippen LogP contribution in [0.15, 0.2) is 76.3 Å². The monoisotopic (exact) mass is 385 g/mol. The van der Waals surface area contributed by atoms with Gasteiger partial charge in [-0.25, -0.2) is 9.67 Å². The maximum Gasteiger partial charge on any atom is 0.283 e. The van der Waals surface area contributed by atoms with Gasteiger partial charge in [-0.1, -0.05) is 71.0 Å². The Morgan fingerprint density at radius 3 is 2.48 bits per heavy atom. The second-order valence-corrected chi connectivity index (χ2v) is 6.46. The highest BCUT2D eigenvalue weighted by Crippen LogP contribution is 2.15. The summed E-state index contributed by atoms with van der Waals surface area (Å²) in [7, 11) is 0. The molecule has 0 unspecified atom stereocenters. The Morgan fingerprint density at radius 2 is 1.69 bits per heavy atom. The summed E-state index contributed by atoms with van der Waals surface area (Å²) in [4.78, 5) is 21.5. The Labute approximate surface area is 164 Å². The zero-order valence-electron chi connectivity index (χ0n) is 15.2. The van der Waals surface area contributed by atoms with Crippen molar-refractivity contribution in [3.8, 4) is 11.4 Å². The van der Waals surface area contributed by atoms with Crippen LogP contribution in [0.4, 0.5) is 0 Å². The van der Waals surface area contributed by atoms with Crippen LogP contribution in [0.5, 0.6) is 0 Å². The molecule has 29 heavy (non-hydrogen) atoms. The molecule has 0 radical (unpaired) electrons. The molecular weight excluding hydrogens is 370 g/mol. The van der Waals surface area contributed by atoms with E-state index in [1.165, 1.54) is 10.9 Å². The Morgan fingerprint density at radius 1 is 0.931 bits per heavy atom. The lowest BCUT2D eigenvalue weighted by molar-refractivity contribution is 0.369. The van der Waals surface area contributed by atoms with Crippen molar-refractivity contribution in [3.05, 3.63) is 88.8 Å². The largest absolute Gasteiger partial charge is 0.337 e. The molecule has 0 aliphatic heterocycles. The van der Waals surface area contributed by atoms with E-state index in [2.05, 4.69) is 25.4 Å². The van der Waals surface area contributed by atoms with E-state index in [-0.39, 0.29) is 17.6 Å². The first-order chi connectivity index (χ1) is 14.3. The summed E-state index contributed by atoms with van der Waals surface area (Å²) in [6, 6.07) is 19.3. The fraction of sp³-hybridized carbons (Fsp3) is 0.100. The maximum absolute atomic E-state index is 12.8.